The van der Waals surface area contributed by atoms with Gasteiger partial charge in [-0.1, -0.05) is 12.1 Å². The lowest BCUT2D eigenvalue weighted by atomic mass is 10.1. The summed E-state index contributed by atoms with van der Waals surface area (Å²) >= 11 is 0. The Labute approximate surface area is 127 Å². The standard InChI is InChI=1S/C15H24N2O3S/c1-15(2)12-17(10-11-20-15)21(18,19)14-6-4-13(5-7-14)8-9-16-3/h4-7,16H,8-12H2,1-3H3. The predicted molar refractivity (Wildman–Crippen MR) is 82.9 cm³/mol. The fourth-order valence-corrected chi connectivity index (χ4v) is 4.00. The van der Waals surface area contributed by atoms with Gasteiger partial charge in [0.15, 0.2) is 0 Å². The zero-order valence-corrected chi connectivity index (χ0v) is 13.7. The molecule has 1 aromatic rings. The fourth-order valence-electron chi connectivity index (χ4n) is 2.42. The van der Waals surface area contributed by atoms with Crippen LogP contribution in [0.1, 0.15) is 19.4 Å². The summed E-state index contributed by atoms with van der Waals surface area (Å²) in [5.41, 5.74) is 0.698. The van der Waals surface area contributed by atoms with Crippen molar-refractivity contribution in [3.05, 3.63) is 29.8 Å². The molecule has 0 atom stereocenters. The quantitative estimate of drug-likeness (QED) is 0.889. The van der Waals surface area contributed by atoms with E-state index in [-0.39, 0.29) is 0 Å². The van der Waals surface area contributed by atoms with Crippen molar-refractivity contribution < 1.29 is 13.2 Å². The molecular weight excluding hydrogens is 288 g/mol. The molecule has 0 unspecified atom stereocenters. The third kappa shape index (κ3) is 4.03. The van der Waals surface area contributed by atoms with E-state index in [1.54, 1.807) is 12.1 Å². The van der Waals surface area contributed by atoms with Crippen LogP contribution in [0.15, 0.2) is 29.2 Å². The number of ether oxygens (including phenoxy) is 1. The Hall–Kier alpha value is -0.950. The van der Waals surface area contributed by atoms with Gasteiger partial charge in [0.1, 0.15) is 0 Å². The van der Waals surface area contributed by atoms with Crippen LogP contribution in [0.4, 0.5) is 0 Å². The molecule has 118 valence electrons. The number of morpholine rings is 1. The first kappa shape index (κ1) is 16.4. The average Bonchev–Trinajstić information content (AvgIpc) is 2.44. The van der Waals surface area contributed by atoms with Crippen molar-refractivity contribution in [1.82, 2.24) is 9.62 Å². The van der Waals surface area contributed by atoms with E-state index in [1.165, 1.54) is 4.31 Å². The van der Waals surface area contributed by atoms with Crippen LogP contribution in [0.2, 0.25) is 0 Å². The van der Waals surface area contributed by atoms with Gasteiger partial charge in [0, 0.05) is 13.1 Å². The molecule has 0 saturated carbocycles. The Morgan fingerprint density at radius 3 is 2.52 bits per heavy atom. The normalized spacial score (nSPS) is 19.6. The number of sulfonamides is 1. The zero-order chi connectivity index (χ0) is 15.5. The fraction of sp³-hybridized carbons (Fsp3) is 0.600. The highest BCUT2D eigenvalue weighted by molar-refractivity contribution is 7.89. The SMILES string of the molecule is CNCCc1ccc(S(=O)(=O)N2CCOC(C)(C)C2)cc1. The van der Waals surface area contributed by atoms with Crippen molar-refractivity contribution in [2.45, 2.75) is 30.8 Å². The van der Waals surface area contributed by atoms with E-state index in [2.05, 4.69) is 5.32 Å². The molecule has 1 aliphatic rings. The molecular formula is C15H24N2O3S. The van der Waals surface area contributed by atoms with Crippen molar-refractivity contribution in [3.8, 4) is 0 Å². The van der Waals surface area contributed by atoms with Crippen LogP contribution in [-0.2, 0) is 21.2 Å². The van der Waals surface area contributed by atoms with E-state index in [1.807, 2.05) is 33.0 Å². The molecule has 0 bridgehead atoms. The summed E-state index contributed by atoms with van der Waals surface area (Å²) in [4.78, 5) is 0.355. The minimum atomic E-state index is -3.43. The minimum Gasteiger partial charge on any atom is -0.373 e. The molecule has 0 amide bonds. The van der Waals surface area contributed by atoms with Gasteiger partial charge in [-0.3, -0.25) is 0 Å². The van der Waals surface area contributed by atoms with E-state index in [4.69, 9.17) is 4.74 Å². The monoisotopic (exact) mass is 312 g/mol. The molecule has 21 heavy (non-hydrogen) atoms. The van der Waals surface area contributed by atoms with E-state index < -0.39 is 15.6 Å². The van der Waals surface area contributed by atoms with Gasteiger partial charge in [-0.2, -0.15) is 4.31 Å². The van der Waals surface area contributed by atoms with Gasteiger partial charge < -0.3 is 10.1 Å². The maximum atomic E-state index is 12.7. The second-order valence-electron chi connectivity index (χ2n) is 5.94. The van der Waals surface area contributed by atoms with Crippen molar-refractivity contribution in [2.75, 3.05) is 33.3 Å². The highest BCUT2D eigenvalue weighted by Gasteiger charge is 2.34. The van der Waals surface area contributed by atoms with Crippen LogP contribution in [0.3, 0.4) is 0 Å². The van der Waals surface area contributed by atoms with Crippen molar-refractivity contribution >= 4 is 10.0 Å². The molecule has 0 radical (unpaired) electrons. The van der Waals surface area contributed by atoms with Crippen molar-refractivity contribution in [2.24, 2.45) is 0 Å². The van der Waals surface area contributed by atoms with E-state index in [9.17, 15) is 8.42 Å². The average molecular weight is 312 g/mol. The molecule has 0 spiro atoms. The van der Waals surface area contributed by atoms with Gasteiger partial charge in [-0.15, -0.1) is 0 Å². The van der Waals surface area contributed by atoms with Gasteiger partial charge in [0.05, 0.1) is 17.1 Å². The molecule has 1 fully saturated rings. The molecule has 1 heterocycles. The van der Waals surface area contributed by atoms with E-state index in [0.29, 0.717) is 24.6 Å². The molecule has 1 aromatic carbocycles. The highest BCUT2D eigenvalue weighted by atomic mass is 32.2. The van der Waals surface area contributed by atoms with Crippen LogP contribution in [0.25, 0.3) is 0 Å². The topological polar surface area (TPSA) is 58.6 Å². The first-order valence-electron chi connectivity index (χ1n) is 7.23. The van der Waals surface area contributed by atoms with Crippen LogP contribution >= 0.6 is 0 Å². The number of nitrogens with zero attached hydrogens (tertiary/aromatic N) is 1. The Morgan fingerprint density at radius 1 is 1.29 bits per heavy atom. The molecule has 5 nitrogen and oxygen atoms in total. The van der Waals surface area contributed by atoms with Crippen molar-refractivity contribution in [1.29, 1.82) is 0 Å². The van der Waals surface area contributed by atoms with Crippen LogP contribution in [-0.4, -0.2) is 51.6 Å². The summed E-state index contributed by atoms with van der Waals surface area (Å²) in [6.07, 6.45) is 0.890. The van der Waals surface area contributed by atoms with Gasteiger partial charge in [0.2, 0.25) is 10.0 Å². The minimum absolute atomic E-state index is 0.355. The van der Waals surface area contributed by atoms with Crippen LogP contribution in [0, 0.1) is 0 Å². The molecule has 1 aliphatic heterocycles. The molecule has 2 rings (SSSR count). The molecule has 0 aliphatic carbocycles. The number of nitrogens with one attached hydrogen (secondary N) is 1. The summed E-state index contributed by atoms with van der Waals surface area (Å²) in [6.45, 7) is 5.94. The Kier molecular flexibility index (Phi) is 5.03. The van der Waals surface area contributed by atoms with E-state index in [0.717, 1.165) is 18.5 Å². The maximum absolute atomic E-state index is 12.7. The summed E-state index contributed by atoms with van der Waals surface area (Å²) in [5.74, 6) is 0. The highest BCUT2D eigenvalue weighted by Crippen LogP contribution is 2.23. The Morgan fingerprint density at radius 2 is 1.95 bits per heavy atom. The number of hydrogen-bond donors (Lipinski definition) is 1. The Balaban J connectivity index is 2.15. The number of rotatable bonds is 5. The third-order valence-corrected chi connectivity index (χ3v) is 5.47. The van der Waals surface area contributed by atoms with Crippen molar-refractivity contribution in [3.63, 3.8) is 0 Å². The maximum Gasteiger partial charge on any atom is 0.243 e. The summed E-state index contributed by atoms with van der Waals surface area (Å²) in [6, 6.07) is 7.16. The lowest BCUT2D eigenvalue weighted by molar-refractivity contribution is -0.0640. The number of hydrogen-bond acceptors (Lipinski definition) is 4. The summed E-state index contributed by atoms with van der Waals surface area (Å²) in [7, 11) is -1.53. The van der Waals surface area contributed by atoms with Gasteiger partial charge in [-0.25, -0.2) is 8.42 Å². The number of likely N-dealkylation sites (N-methyl/N-ethyl adjacent to an activating group) is 1. The summed E-state index contributed by atoms with van der Waals surface area (Å²) < 4.78 is 32.4. The molecule has 1 N–H and O–H groups in total. The zero-order valence-electron chi connectivity index (χ0n) is 12.9. The smallest absolute Gasteiger partial charge is 0.243 e. The number of benzene rings is 1. The lowest BCUT2D eigenvalue weighted by Crippen LogP contribution is -2.50. The van der Waals surface area contributed by atoms with Crippen LogP contribution < -0.4 is 5.32 Å². The first-order valence-corrected chi connectivity index (χ1v) is 8.67. The lowest BCUT2D eigenvalue weighted by Gasteiger charge is -2.37. The predicted octanol–water partition coefficient (Wildman–Crippen LogP) is 1.25. The first-order chi connectivity index (χ1) is 9.85. The largest absolute Gasteiger partial charge is 0.373 e. The molecule has 0 aromatic heterocycles. The van der Waals surface area contributed by atoms with Crippen LogP contribution in [0.5, 0.6) is 0 Å². The van der Waals surface area contributed by atoms with E-state index >= 15 is 0 Å². The molecule has 1 saturated heterocycles. The second kappa shape index (κ2) is 6.44. The van der Waals surface area contributed by atoms with Gasteiger partial charge in [-0.05, 0) is 51.6 Å². The Bertz CT molecular complexity index is 567. The second-order valence-corrected chi connectivity index (χ2v) is 7.88. The third-order valence-electron chi connectivity index (χ3n) is 3.62. The van der Waals surface area contributed by atoms with Gasteiger partial charge >= 0.3 is 0 Å². The van der Waals surface area contributed by atoms with Gasteiger partial charge in [0.25, 0.3) is 0 Å². The summed E-state index contributed by atoms with van der Waals surface area (Å²) in [5, 5.41) is 3.08. The molecule has 6 heteroatoms.